The molecule has 158 valence electrons. The maximum absolute atomic E-state index is 10.8. The van der Waals surface area contributed by atoms with Gasteiger partial charge in [-0.1, -0.05) is 61.2 Å². The molecule has 1 atom stereocenters. The van der Waals surface area contributed by atoms with Crippen molar-refractivity contribution in [3.05, 3.63) is 47.3 Å². The van der Waals surface area contributed by atoms with Gasteiger partial charge in [-0.2, -0.15) is 5.10 Å². The van der Waals surface area contributed by atoms with Crippen LogP contribution in [-0.4, -0.2) is 21.0 Å². The molecule has 0 spiro atoms. The van der Waals surface area contributed by atoms with Crippen LogP contribution in [0.2, 0.25) is 0 Å². The summed E-state index contributed by atoms with van der Waals surface area (Å²) in [5.41, 5.74) is 3.17. The van der Waals surface area contributed by atoms with E-state index in [1.807, 2.05) is 31.5 Å². The average molecular weight is 403 g/mol. The number of aliphatic hydroxyl groups excluding tert-OH is 1. The molecule has 0 aromatic carbocycles. The van der Waals surface area contributed by atoms with Gasteiger partial charge in [0.1, 0.15) is 5.69 Å². The third-order valence-electron chi connectivity index (χ3n) is 5.44. The first-order chi connectivity index (χ1) is 14.3. The zero-order valence-corrected chi connectivity index (χ0v) is 18.8. The Morgan fingerprint density at radius 3 is 2.67 bits per heavy atom. The fourth-order valence-corrected chi connectivity index (χ4v) is 3.85. The second-order valence-corrected chi connectivity index (χ2v) is 9.44. The lowest BCUT2D eigenvalue weighted by Gasteiger charge is -2.18. The van der Waals surface area contributed by atoms with Gasteiger partial charge in [0.05, 0.1) is 11.7 Å². The van der Waals surface area contributed by atoms with Gasteiger partial charge in [0.2, 0.25) is 0 Å². The van der Waals surface area contributed by atoms with E-state index in [1.165, 1.54) is 32.1 Å². The number of aryl methyl sites for hydroxylation is 1. The smallest absolute Gasteiger partial charge is 0.107 e. The average Bonchev–Trinajstić information content (AvgIpc) is 3.06. The summed E-state index contributed by atoms with van der Waals surface area (Å²) in [6.07, 6.45) is 17.5. The molecule has 1 aromatic rings. The summed E-state index contributed by atoms with van der Waals surface area (Å²) in [5.74, 6) is 14.0. The Balaban J connectivity index is 1.91. The molecular formula is C27H34N2O. The number of allylic oxidation sites excluding steroid dienone is 4. The molecule has 1 heterocycles. The third kappa shape index (κ3) is 6.51. The van der Waals surface area contributed by atoms with Gasteiger partial charge in [-0.25, -0.2) is 0 Å². The molecule has 1 aromatic heterocycles. The van der Waals surface area contributed by atoms with Crippen molar-refractivity contribution in [1.82, 2.24) is 9.78 Å². The molecule has 0 amide bonds. The first-order valence-corrected chi connectivity index (χ1v) is 11.1. The summed E-state index contributed by atoms with van der Waals surface area (Å²) in [7, 11) is 1.89. The van der Waals surface area contributed by atoms with Gasteiger partial charge < -0.3 is 5.11 Å². The first kappa shape index (κ1) is 22.2. The summed E-state index contributed by atoms with van der Waals surface area (Å²) in [4.78, 5) is 0. The van der Waals surface area contributed by atoms with Crippen LogP contribution in [0.3, 0.4) is 0 Å². The van der Waals surface area contributed by atoms with Crippen LogP contribution >= 0.6 is 0 Å². The van der Waals surface area contributed by atoms with Gasteiger partial charge in [0, 0.05) is 36.2 Å². The quantitative estimate of drug-likeness (QED) is 0.530. The summed E-state index contributed by atoms with van der Waals surface area (Å²) in [5, 5.41) is 15.4. The van der Waals surface area contributed by atoms with Gasteiger partial charge in [-0.05, 0) is 52.0 Å². The van der Waals surface area contributed by atoms with Crippen molar-refractivity contribution < 1.29 is 5.11 Å². The monoisotopic (exact) mass is 402 g/mol. The molecule has 1 saturated carbocycles. The molecule has 3 heteroatoms. The van der Waals surface area contributed by atoms with Crippen molar-refractivity contribution in [3.8, 4) is 23.7 Å². The Bertz CT molecular complexity index is 954. The number of rotatable bonds is 2. The standard InChI is InChI=1S/C27H34N2O/c1-27(2,3)18-17-23-20-29(4)28-26(23)24-19-22(13-8-9-16-25(24)30)15-10-14-21-11-6-5-7-12-21/h9,13,16,19-21,25,30H,5-8,11-12,14H2,1-4H3/b16-9?,22-13-,24-19+. The molecule has 2 aliphatic rings. The molecular weight excluding hydrogens is 368 g/mol. The van der Waals surface area contributed by atoms with Crippen LogP contribution in [-0.2, 0) is 7.05 Å². The van der Waals surface area contributed by atoms with E-state index in [1.54, 1.807) is 4.68 Å². The van der Waals surface area contributed by atoms with Crippen LogP contribution < -0.4 is 0 Å². The minimum Gasteiger partial charge on any atom is -0.384 e. The molecule has 0 saturated heterocycles. The number of aliphatic hydroxyl groups is 1. The zero-order valence-electron chi connectivity index (χ0n) is 18.8. The van der Waals surface area contributed by atoms with E-state index in [4.69, 9.17) is 0 Å². The fraction of sp³-hybridized carbons (Fsp3) is 0.519. The molecule has 0 bridgehead atoms. The van der Waals surface area contributed by atoms with Crippen LogP contribution in [0, 0.1) is 35.0 Å². The highest BCUT2D eigenvalue weighted by molar-refractivity contribution is 5.75. The SMILES string of the molecule is Cn1cc(C#CC(C)(C)C)c(/C2=C/C(C#CCC3CCCCC3)=C\CC=CC2O)n1. The molecule has 3 nitrogen and oxygen atoms in total. The molecule has 3 rings (SSSR count). The van der Waals surface area contributed by atoms with E-state index in [0.717, 1.165) is 41.2 Å². The molecule has 2 aliphatic carbocycles. The van der Waals surface area contributed by atoms with E-state index in [9.17, 15) is 5.11 Å². The molecule has 0 radical (unpaired) electrons. The lowest BCUT2D eigenvalue weighted by molar-refractivity contribution is 0.279. The van der Waals surface area contributed by atoms with Crippen molar-refractivity contribution in [2.45, 2.75) is 71.8 Å². The van der Waals surface area contributed by atoms with Crippen molar-refractivity contribution in [3.63, 3.8) is 0 Å². The Morgan fingerprint density at radius 2 is 1.93 bits per heavy atom. The maximum Gasteiger partial charge on any atom is 0.107 e. The molecule has 1 unspecified atom stereocenters. The van der Waals surface area contributed by atoms with Gasteiger partial charge in [0.25, 0.3) is 0 Å². The number of hydrogen-bond acceptors (Lipinski definition) is 2. The Hall–Kier alpha value is -2.49. The number of aromatic nitrogens is 2. The first-order valence-electron chi connectivity index (χ1n) is 11.1. The Labute approximate surface area is 182 Å². The third-order valence-corrected chi connectivity index (χ3v) is 5.44. The van der Waals surface area contributed by atoms with E-state index in [0.29, 0.717) is 0 Å². The van der Waals surface area contributed by atoms with Gasteiger partial charge in [-0.3, -0.25) is 4.68 Å². The predicted molar refractivity (Wildman–Crippen MR) is 124 cm³/mol. The van der Waals surface area contributed by atoms with Crippen molar-refractivity contribution in [2.75, 3.05) is 0 Å². The highest BCUT2D eigenvalue weighted by Crippen LogP contribution is 2.27. The highest BCUT2D eigenvalue weighted by atomic mass is 16.3. The minimum atomic E-state index is -0.723. The highest BCUT2D eigenvalue weighted by Gasteiger charge is 2.19. The van der Waals surface area contributed by atoms with Gasteiger partial charge >= 0.3 is 0 Å². The van der Waals surface area contributed by atoms with Crippen LogP contribution in [0.4, 0.5) is 0 Å². The van der Waals surface area contributed by atoms with E-state index < -0.39 is 6.10 Å². The number of nitrogens with zero attached hydrogens (tertiary/aromatic N) is 2. The summed E-state index contributed by atoms with van der Waals surface area (Å²) in [6.45, 7) is 6.27. The van der Waals surface area contributed by atoms with Gasteiger partial charge in [-0.15, -0.1) is 0 Å². The molecule has 0 aliphatic heterocycles. The largest absolute Gasteiger partial charge is 0.384 e. The summed E-state index contributed by atoms with van der Waals surface area (Å²) >= 11 is 0. The van der Waals surface area contributed by atoms with Crippen molar-refractivity contribution >= 4 is 5.57 Å². The predicted octanol–water partition coefficient (Wildman–Crippen LogP) is 5.42. The van der Waals surface area contributed by atoms with Crippen molar-refractivity contribution in [1.29, 1.82) is 0 Å². The van der Waals surface area contributed by atoms with Crippen LogP contribution in [0.15, 0.2) is 36.1 Å². The Morgan fingerprint density at radius 1 is 1.17 bits per heavy atom. The van der Waals surface area contributed by atoms with Crippen LogP contribution in [0.1, 0.15) is 77.0 Å². The topological polar surface area (TPSA) is 38.0 Å². The second kappa shape index (κ2) is 10.0. The zero-order chi connectivity index (χ0) is 21.6. The lowest BCUT2D eigenvalue weighted by Crippen LogP contribution is -2.09. The summed E-state index contributed by atoms with van der Waals surface area (Å²) < 4.78 is 1.76. The number of hydrogen-bond donors (Lipinski definition) is 1. The van der Waals surface area contributed by atoms with E-state index in [-0.39, 0.29) is 5.41 Å². The van der Waals surface area contributed by atoms with E-state index in [2.05, 4.69) is 55.6 Å². The lowest BCUT2D eigenvalue weighted by atomic mass is 9.87. The molecule has 30 heavy (non-hydrogen) atoms. The molecule has 1 fully saturated rings. The minimum absolute atomic E-state index is 0.101. The fourth-order valence-electron chi connectivity index (χ4n) is 3.85. The summed E-state index contributed by atoms with van der Waals surface area (Å²) in [6, 6.07) is 0. The second-order valence-electron chi connectivity index (χ2n) is 9.44. The van der Waals surface area contributed by atoms with Crippen LogP contribution in [0.25, 0.3) is 5.57 Å². The Kier molecular flexibility index (Phi) is 7.41. The van der Waals surface area contributed by atoms with Gasteiger partial charge in [0.15, 0.2) is 0 Å². The van der Waals surface area contributed by atoms with Crippen molar-refractivity contribution in [2.24, 2.45) is 18.4 Å². The molecule has 1 N–H and O–H groups in total. The normalized spacial score (nSPS) is 23.6. The maximum atomic E-state index is 10.8. The van der Waals surface area contributed by atoms with Crippen LogP contribution in [0.5, 0.6) is 0 Å². The van der Waals surface area contributed by atoms with E-state index >= 15 is 0 Å².